The van der Waals surface area contributed by atoms with E-state index in [0.29, 0.717) is 13.1 Å². The van der Waals surface area contributed by atoms with E-state index in [4.69, 9.17) is 0 Å². The van der Waals surface area contributed by atoms with Gasteiger partial charge < -0.3 is 10.2 Å². The Morgan fingerprint density at radius 3 is 2.69 bits per heavy atom. The number of amides is 1. The van der Waals surface area contributed by atoms with E-state index < -0.39 is 5.92 Å². The Kier molecular flexibility index (Phi) is 4.12. The van der Waals surface area contributed by atoms with Gasteiger partial charge in [0.15, 0.2) is 0 Å². The molecule has 1 N–H and O–H groups in total. The van der Waals surface area contributed by atoms with Gasteiger partial charge in [-0.15, -0.1) is 12.4 Å². The Labute approximate surface area is 100.0 Å². The standard InChI is InChI=1S/C10H16F2N2O.ClH/c1-7-2-3-14(9(7)15)8-4-10(11,12)6-13-5-8;/h7-8,13H,2-6H2,1H3;1H/t7?,8-;/m1./s1. The first-order chi connectivity index (χ1) is 6.99. The quantitative estimate of drug-likeness (QED) is 0.765. The van der Waals surface area contributed by atoms with Gasteiger partial charge in [0, 0.05) is 31.5 Å². The summed E-state index contributed by atoms with van der Waals surface area (Å²) in [4.78, 5) is 13.3. The van der Waals surface area contributed by atoms with Crippen LogP contribution in [0, 0.1) is 5.92 Å². The van der Waals surface area contributed by atoms with E-state index in [1.165, 1.54) is 0 Å². The van der Waals surface area contributed by atoms with E-state index in [2.05, 4.69) is 5.32 Å². The third kappa shape index (κ3) is 2.63. The molecule has 1 unspecified atom stereocenters. The third-order valence-corrected chi connectivity index (χ3v) is 3.25. The summed E-state index contributed by atoms with van der Waals surface area (Å²) in [6.07, 6.45) is 0.597. The number of alkyl halides is 2. The number of carbonyl (C=O) groups excluding carboxylic acids is 1. The Balaban J connectivity index is 0.00000128. The summed E-state index contributed by atoms with van der Waals surface area (Å²) < 4.78 is 26.3. The zero-order chi connectivity index (χ0) is 11.1. The molecule has 1 amide bonds. The van der Waals surface area contributed by atoms with E-state index in [0.717, 1.165) is 6.42 Å². The smallest absolute Gasteiger partial charge is 0.262 e. The fourth-order valence-corrected chi connectivity index (χ4v) is 2.34. The maximum absolute atomic E-state index is 13.1. The molecule has 0 aromatic heterocycles. The maximum Gasteiger partial charge on any atom is 0.262 e. The Bertz CT molecular complexity index is 276. The SMILES string of the molecule is CC1CCN([C@H]2CNCC(F)(F)C2)C1=O.Cl. The Hall–Kier alpha value is -0.420. The number of piperidine rings is 1. The lowest BCUT2D eigenvalue weighted by molar-refractivity contribution is -0.135. The predicted octanol–water partition coefficient (Wildman–Crippen LogP) is 1.27. The highest BCUT2D eigenvalue weighted by atomic mass is 35.5. The third-order valence-electron chi connectivity index (χ3n) is 3.25. The molecule has 0 aliphatic carbocycles. The van der Waals surface area contributed by atoms with Gasteiger partial charge in [-0.1, -0.05) is 6.92 Å². The lowest BCUT2D eigenvalue weighted by Crippen LogP contribution is -2.54. The molecule has 0 aromatic carbocycles. The molecular weight excluding hydrogens is 238 g/mol. The zero-order valence-corrected chi connectivity index (χ0v) is 10.0. The highest BCUT2D eigenvalue weighted by Gasteiger charge is 2.42. The minimum Gasteiger partial charge on any atom is -0.338 e. The normalized spacial score (nSPS) is 33.7. The summed E-state index contributed by atoms with van der Waals surface area (Å²) >= 11 is 0. The monoisotopic (exact) mass is 254 g/mol. The summed E-state index contributed by atoms with van der Waals surface area (Å²) in [5.74, 6) is -2.64. The van der Waals surface area contributed by atoms with Gasteiger partial charge in [0.2, 0.25) is 5.91 Å². The number of carbonyl (C=O) groups is 1. The van der Waals surface area contributed by atoms with Gasteiger partial charge in [-0.3, -0.25) is 4.79 Å². The molecule has 2 heterocycles. The number of rotatable bonds is 1. The second-order valence-corrected chi connectivity index (χ2v) is 4.57. The van der Waals surface area contributed by atoms with Crippen molar-refractivity contribution in [3.8, 4) is 0 Å². The van der Waals surface area contributed by atoms with Crippen molar-refractivity contribution in [2.24, 2.45) is 5.92 Å². The van der Waals surface area contributed by atoms with Crippen molar-refractivity contribution in [3.05, 3.63) is 0 Å². The number of hydrogen-bond donors (Lipinski definition) is 1. The van der Waals surface area contributed by atoms with Crippen LogP contribution in [0.5, 0.6) is 0 Å². The minimum absolute atomic E-state index is 0. The number of nitrogens with one attached hydrogen (secondary N) is 1. The molecule has 0 saturated carbocycles. The Morgan fingerprint density at radius 1 is 1.50 bits per heavy atom. The van der Waals surface area contributed by atoms with Gasteiger partial charge in [-0.25, -0.2) is 8.78 Å². The molecule has 2 atom stereocenters. The molecule has 2 aliphatic heterocycles. The lowest BCUT2D eigenvalue weighted by atomic mass is 10.0. The van der Waals surface area contributed by atoms with Crippen LogP contribution in [0.15, 0.2) is 0 Å². The molecule has 0 radical (unpaired) electrons. The fraction of sp³-hybridized carbons (Fsp3) is 0.900. The van der Waals surface area contributed by atoms with Crippen molar-refractivity contribution >= 4 is 18.3 Å². The molecule has 94 valence electrons. The minimum atomic E-state index is -2.67. The maximum atomic E-state index is 13.1. The second-order valence-electron chi connectivity index (χ2n) is 4.57. The summed E-state index contributed by atoms with van der Waals surface area (Å²) in [6.45, 7) is 2.72. The highest BCUT2D eigenvalue weighted by Crippen LogP contribution is 2.29. The molecular formula is C10H17ClF2N2O. The van der Waals surface area contributed by atoms with E-state index in [-0.39, 0.29) is 43.2 Å². The number of likely N-dealkylation sites (tertiary alicyclic amines) is 1. The van der Waals surface area contributed by atoms with Crippen LogP contribution in [0.4, 0.5) is 8.78 Å². The predicted molar refractivity (Wildman–Crippen MR) is 59.0 cm³/mol. The molecule has 16 heavy (non-hydrogen) atoms. The summed E-state index contributed by atoms with van der Waals surface area (Å²) in [7, 11) is 0. The van der Waals surface area contributed by atoms with Gasteiger partial charge in [0.1, 0.15) is 0 Å². The molecule has 2 saturated heterocycles. The first-order valence-corrected chi connectivity index (χ1v) is 5.39. The van der Waals surface area contributed by atoms with Crippen LogP contribution in [-0.4, -0.2) is 42.4 Å². The average Bonchev–Trinajstić information content (AvgIpc) is 2.46. The summed E-state index contributed by atoms with van der Waals surface area (Å²) in [6, 6.07) is -0.328. The number of hydrogen-bond acceptors (Lipinski definition) is 2. The second kappa shape index (κ2) is 4.84. The zero-order valence-electron chi connectivity index (χ0n) is 9.21. The van der Waals surface area contributed by atoms with Crippen molar-refractivity contribution < 1.29 is 13.6 Å². The van der Waals surface area contributed by atoms with Gasteiger partial charge in [-0.2, -0.15) is 0 Å². The van der Waals surface area contributed by atoms with Crippen molar-refractivity contribution in [3.63, 3.8) is 0 Å². The van der Waals surface area contributed by atoms with Crippen molar-refractivity contribution in [1.29, 1.82) is 0 Å². The van der Waals surface area contributed by atoms with Crippen molar-refractivity contribution in [2.45, 2.75) is 31.7 Å². The molecule has 2 rings (SSSR count). The van der Waals surface area contributed by atoms with Crippen LogP contribution < -0.4 is 5.32 Å². The molecule has 0 aromatic rings. The fourth-order valence-electron chi connectivity index (χ4n) is 2.34. The lowest BCUT2D eigenvalue weighted by Gasteiger charge is -2.35. The molecule has 2 aliphatic rings. The van der Waals surface area contributed by atoms with Gasteiger partial charge in [0.25, 0.3) is 5.92 Å². The average molecular weight is 255 g/mol. The summed E-state index contributed by atoms with van der Waals surface area (Å²) in [5, 5.41) is 2.69. The Morgan fingerprint density at radius 2 is 2.19 bits per heavy atom. The van der Waals surface area contributed by atoms with Gasteiger partial charge in [-0.05, 0) is 6.42 Å². The van der Waals surface area contributed by atoms with Crippen molar-refractivity contribution in [1.82, 2.24) is 10.2 Å². The van der Waals surface area contributed by atoms with E-state index in [1.807, 2.05) is 6.92 Å². The number of halogens is 3. The molecule has 2 fully saturated rings. The summed E-state index contributed by atoms with van der Waals surface area (Å²) in [5.41, 5.74) is 0. The number of nitrogens with zero attached hydrogens (tertiary/aromatic N) is 1. The van der Waals surface area contributed by atoms with Crippen LogP contribution >= 0.6 is 12.4 Å². The first kappa shape index (κ1) is 13.6. The van der Waals surface area contributed by atoms with Crippen LogP contribution in [-0.2, 0) is 4.79 Å². The van der Waals surface area contributed by atoms with Gasteiger partial charge in [0.05, 0.1) is 6.54 Å². The topological polar surface area (TPSA) is 32.3 Å². The van der Waals surface area contributed by atoms with Crippen LogP contribution in [0.1, 0.15) is 19.8 Å². The molecule has 3 nitrogen and oxygen atoms in total. The van der Waals surface area contributed by atoms with Crippen LogP contribution in [0.2, 0.25) is 0 Å². The molecule has 0 bridgehead atoms. The largest absolute Gasteiger partial charge is 0.338 e. The van der Waals surface area contributed by atoms with E-state index in [1.54, 1.807) is 4.90 Å². The molecule has 0 spiro atoms. The van der Waals surface area contributed by atoms with Gasteiger partial charge >= 0.3 is 0 Å². The van der Waals surface area contributed by atoms with Crippen LogP contribution in [0.3, 0.4) is 0 Å². The van der Waals surface area contributed by atoms with Crippen LogP contribution in [0.25, 0.3) is 0 Å². The van der Waals surface area contributed by atoms with E-state index >= 15 is 0 Å². The molecule has 6 heteroatoms. The first-order valence-electron chi connectivity index (χ1n) is 5.39. The van der Waals surface area contributed by atoms with Crippen molar-refractivity contribution in [2.75, 3.05) is 19.6 Å². The van der Waals surface area contributed by atoms with E-state index in [9.17, 15) is 13.6 Å². The highest BCUT2D eigenvalue weighted by molar-refractivity contribution is 5.85.